The minimum Gasteiger partial charge on any atom is -0.298 e. The Balaban J connectivity index is 2.20. The Bertz CT molecular complexity index is 364. The van der Waals surface area contributed by atoms with Crippen LogP contribution < -0.4 is 5.32 Å². The fourth-order valence-corrected chi connectivity index (χ4v) is 2.57. The van der Waals surface area contributed by atoms with Gasteiger partial charge in [0.1, 0.15) is 0 Å². The fourth-order valence-electron chi connectivity index (χ4n) is 2.57. The zero-order valence-electron chi connectivity index (χ0n) is 11.3. The molecule has 2 aliphatic rings. The molecule has 1 nitrogen and oxygen atoms in total. The van der Waals surface area contributed by atoms with Gasteiger partial charge in [-0.15, -0.1) is 0 Å². The fraction of sp³-hybridized carbons (Fsp3) is 0.500. The van der Waals surface area contributed by atoms with Crippen LogP contribution in [-0.4, -0.2) is 11.1 Å². The first-order chi connectivity index (χ1) is 7.96. The van der Waals surface area contributed by atoms with Gasteiger partial charge in [-0.05, 0) is 25.7 Å². The Hall–Kier alpha value is -1.08. The molecule has 0 amide bonds. The minimum atomic E-state index is 0.0350. The molecule has 0 aromatic heterocycles. The van der Waals surface area contributed by atoms with E-state index in [0.29, 0.717) is 11.8 Å². The van der Waals surface area contributed by atoms with E-state index in [1.165, 1.54) is 0 Å². The molecule has 0 heterocycles. The Labute approximate surface area is 105 Å². The second-order valence-electron chi connectivity index (χ2n) is 5.76. The first kappa shape index (κ1) is 12.4. The third kappa shape index (κ3) is 2.30. The molecule has 2 rings (SSSR count). The predicted molar refractivity (Wildman–Crippen MR) is 74.8 cm³/mol. The van der Waals surface area contributed by atoms with Gasteiger partial charge in [0.25, 0.3) is 0 Å². The number of allylic oxidation sites excluding steroid dienone is 4. The summed E-state index contributed by atoms with van der Waals surface area (Å²) in [5, 5.41) is 3.83. The van der Waals surface area contributed by atoms with Crippen molar-refractivity contribution in [2.75, 3.05) is 0 Å². The summed E-state index contributed by atoms with van der Waals surface area (Å²) in [5.74, 6) is 1.02. The van der Waals surface area contributed by atoms with E-state index in [1.807, 2.05) is 0 Å². The summed E-state index contributed by atoms with van der Waals surface area (Å²) in [6.45, 7) is 9.09. The maximum Gasteiger partial charge on any atom is 0.0406 e. The van der Waals surface area contributed by atoms with Crippen molar-refractivity contribution < 1.29 is 0 Å². The van der Waals surface area contributed by atoms with Gasteiger partial charge >= 0.3 is 0 Å². The summed E-state index contributed by atoms with van der Waals surface area (Å²) in [6, 6.07) is 0. The van der Waals surface area contributed by atoms with Crippen molar-refractivity contribution in [3.05, 3.63) is 48.6 Å². The third-order valence-corrected chi connectivity index (χ3v) is 4.34. The summed E-state index contributed by atoms with van der Waals surface area (Å²) in [5.41, 5.74) is 0.0700. The molecule has 0 spiro atoms. The Morgan fingerprint density at radius 1 is 0.765 bits per heavy atom. The first-order valence-electron chi connectivity index (χ1n) is 6.48. The monoisotopic (exact) mass is 229 g/mol. The Kier molecular flexibility index (Phi) is 3.13. The van der Waals surface area contributed by atoms with Crippen molar-refractivity contribution in [3.8, 4) is 0 Å². The molecule has 0 radical (unpaired) electrons. The summed E-state index contributed by atoms with van der Waals surface area (Å²) >= 11 is 0. The van der Waals surface area contributed by atoms with Crippen LogP contribution in [0.25, 0.3) is 0 Å². The number of hydrogen-bond acceptors (Lipinski definition) is 1. The normalized spacial score (nSPS) is 44.2. The average molecular weight is 229 g/mol. The van der Waals surface area contributed by atoms with E-state index in [4.69, 9.17) is 0 Å². The number of hydrogen-bond donors (Lipinski definition) is 1. The number of rotatable bonds is 2. The highest BCUT2D eigenvalue weighted by Gasteiger charge is 2.37. The third-order valence-electron chi connectivity index (χ3n) is 4.34. The van der Waals surface area contributed by atoms with Gasteiger partial charge in [-0.1, -0.05) is 62.5 Å². The van der Waals surface area contributed by atoms with E-state index < -0.39 is 0 Å². The van der Waals surface area contributed by atoms with Gasteiger partial charge in [0.2, 0.25) is 0 Å². The van der Waals surface area contributed by atoms with Crippen molar-refractivity contribution >= 4 is 0 Å². The second kappa shape index (κ2) is 4.30. The van der Waals surface area contributed by atoms with E-state index in [9.17, 15) is 0 Å². The lowest BCUT2D eigenvalue weighted by molar-refractivity contribution is 0.235. The zero-order chi connectivity index (χ0) is 12.5. The number of nitrogens with one attached hydrogen (secondary N) is 1. The lowest BCUT2D eigenvalue weighted by Gasteiger charge is -2.45. The van der Waals surface area contributed by atoms with Crippen molar-refractivity contribution in [2.45, 2.75) is 38.8 Å². The van der Waals surface area contributed by atoms with Gasteiger partial charge in [0, 0.05) is 11.1 Å². The summed E-state index contributed by atoms with van der Waals surface area (Å²) in [6.07, 6.45) is 17.6. The van der Waals surface area contributed by atoms with Crippen LogP contribution in [0.15, 0.2) is 48.6 Å². The molecule has 4 atom stereocenters. The first-order valence-corrected chi connectivity index (χ1v) is 6.48. The average Bonchev–Trinajstić information content (AvgIpc) is 2.27. The van der Waals surface area contributed by atoms with Crippen LogP contribution in [0.2, 0.25) is 0 Å². The summed E-state index contributed by atoms with van der Waals surface area (Å²) < 4.78 is 0. The highest BCUT2D eigenvalue weighted by atomic mass is 15.1. The molecule has 92 valence electrons. The largest absolute Gasteiger partial charge is 0.298 e. The van der Waals surface area contributed by atoms with E-state index in [2.05, 4.69) is 81.6 Å². The van der Waals surface area contributed by atoms with E-state index in [1.54, 1.807) is 0 Å². The van der Waals surface area contributed by atoms with Crippen LogP contribution in [0.1, 0.15) is 27.7 Å². The lowest BCUT2D eigenvalue weighted by atomic mass is 9.76. The van der Waals surface area contributed by atoms with Crippen molar-refractivity contribution in [1.82, 2.24) is 5.32 Å². The van der Waals surface area contributed by atoms with Gasteiger partial charge in [-0.3, -0.25) is 5.32 Å². The van der Waals surface area contributed by atoms with Crippen LogP contribution in [0.3, 0.4) is 0 Å². The Morgan fingerprint density at radius 3 is 1.53 bits per heavy atom. The van der Waals surface area contributed by atoms with Gasteiger partial charge in [-0.2, -0.15) is 0 Å². The molecule has 0 aliphatic heterocycles. The highest BCUT2D eigenvalue weighted by molar-refractivity contribution is 5.28. The molecule has 2 aliphatic carbocycles. The molecule has 0 saturated carbocycles. The van der Waals surface area contributed by atoms with E-state index in [0.717, 1.165) is 0 Å². The summed E-state index contributed by atoms with van der Waals surface area (Å²) in [7, 11) is 0. The molecule has 17 heavy (non-hydrogen) atoms. The van der Waals surface area contributed by atoms with Gasteiger partial charge in [0.15, 0.2) is 0 Å². The smallest absolute Gasteiger partial charge is 0.0406 e. The molecular formula is C16H23N. The maximum atomic E-state index is 3.83. The van der Waals surface area contributed by atoms with Gasteiger partial charge in [0.05, 0.1) is 0 Å². The molecule has 0 saturated heterocycles. The minimum absolute atomic E-state index is 0.0350. The van der Waals surface area contributed by atoms with Crippen molar-refractivity contribution in [3.63, 3.8) is 0 Å². The van der Waals surface area contributed by atoms with Crippen LogP contribution >= 0.6 is 0 Å². The van der Waals surface area contributed by atoms with Crippen LogP contribution in [0.5, 0.6) is 0 Å². The van der Waals surface area contributed by atoms with E-state index in [-0.39, 0.29) is 11.1 Å². The predicted octanol–water partition coefficient (Wildman–Crippen LogP) is 3.62. The van der Waals surface area contributed by atoms with Crippen molar-refractivity contribution in [2.24, 2.45) is 11.8 Å². The van der Waals surface area contributed by atoms with Crippen LogP contribution in [0.4, 0.5) is 0 Å². The standard InChI is InChI=1S/C16H23N/c1-13-9-5-7-11-15(13,3)17-16(4)12-8-6-10-14(16)2/h5-14,17H,1-4H3. The SMILES string of the molecule is CC1C=CC=CC1(C)NC1(C)C=CC=CC1C. The Morgan fingerprint density at radius 2 is 1.18 bits per heavy atom. The van der Waals surface area contributed by atoms with Crippen LogP contribution in [-0.2, 0) is 0 Å². The quantitative estimate of drug-likeness (QED) is 0.762. The van der Waals surface area contributed by atoms with Crippen molar-refractivity contribution in [1.29, 1.82) is 0 Å². The van der Waals surface area contributed by atoms with E-state index >= 15 is 0 Å². The summed E-state index contributed by atoms with van der Waals surface area (Å²) in [4.78, 5) is 0. The molecule has 0 fully saturated rings. The molecule has 0 aromatic rings. The molecule has 0 aromatic carbocycles. The molecule has 1 heteroatoms. The topological polar surface area (TPSA) is 12.0 Å². The maximum absolute atomic E-state index is 3.83. The second-order valence-corrected chi connectivity index (χ2v) is 5.76. The molecule has 0 bridgehead atoms. The molecular weight excluding hydrogens is 206 g/mol. The lowest BCUT2D eigenvalue weighted by Crippen LogP contribution is -2.59. The highest BCUT2D eigenvalue weighted by Crippen LogP contribution is 2.31. The molecule has 4 unspecified atom stereocenters. The molecule has 1 N–H and O–H groups in total. The van der Waals surface area contributed by atoms with Gasteiger partial charge in [-0.25, -0.2) is 0 Å². The van der Waals surface area contributed by atoms with Crippen LogP contribution in [0, 0.1) is 11.8 Å². The zero-order valence-corrected chi connectivity index (χ0v) is 11.3. The van der Waals surface area contributed by atoms with Gasteiger partial charge < -0.3 is 0 Å².